The van der Waals surface area contributed by atoms with E-state index in [0.717, 1.165) is 11.3 Å². The molecular weight excluding hydrogens is 302 g/mol. The topological polar surface area (TPSA) is 55.8 Å². The van der Waals surface area contributed by atoms with Gasteiger partial charge in [-0.15, -0.1) is 0 Å². The Labute approximate surface area is 133 Å². The second-order valence-corrected chi connectivity index (χ2v) is 8.12. The lowest BCUT2D eigenvalue weighted by Gasteiger charge is -2.31. The van der Waals surface area contributed by atoms with Gasteiger partial charge in [0, 0.05) is 0 Å². The zero-order chi connectivity index (χ0) is 16.7. The number of benzene rings is 1. The van der Waals surface area contributed by atoms with E-state index in [1.807, 2.05) is 27.7 Å². The number of sulfonamides is 1. The third-order valence-electron chi connectivity index (χ3n) is 3.91. The minimum atomic E-state index is -3.63. The van der Waals surface area contributed by atoms with E-state index in [2.05, 4.69) is 0 Å². The van der Waals surface area contributed by atoms with Crippen molar-refractivity contribution < 1.29 is 17.9 Å². The highest BCUT2D eigenvalue weighted by molar-refractivity contribution is 7.89. The van der Waals surface area contributed by atoms with Crippen LogP contribution in [0.2, 0.25) is 0 Å². The number of hydrogen-bond acceptors (Lipinski definition) is 4. The van der Waals surface area contributed by atoms with E-state index in [0.29, 0.717) is 23.7 Å². The van der Waals surface area contributed by atoms with Crippen LogP contribution in [0.3, 0.4) is 0 Å². The molecule has 1 atom stereocenters. The molecular formula is C16H25NO4S. The van der Waals surface area contributed by atoms with Gasteiger partial charge in [0.25, 0.3) is 0 Å². The van der Waals surface area contributed by atoms with Gasteiger partial charge in [-0.1, -0.05) is 0 Å². The van der Waals surface area contributed by atoms with Crippen LogP contribution in [0.4, 0.5) is 0 Å². The fourth-order valence-corrected chi connectivity index (χ4v) is 5.09. The Morgan fingerprint density at radius 2 is 1.95 bits per heavy atom. The van der Waals surface area contributed by atoms with Crippen molar-refractivity contribution in [3.05, 3.63) is 23.3 Å². The van der Waals surface area contributed by atoms with Gasteiger partial charge in [-0.05, 0) is 64.8 Å². The molecule has 0 N–H and O–H groups in total. The van der Waals surface area contributed by atoms with Crippen LogP contribution in [0.25, 0.3) is 0 Å². The van der Waals surface area contributed by atoms with Gasteiger partial charge in [0.2, 0.25) is 10.0 Å². The van der Waals surface area contributed by atoms with E-state index < -0.39 is 21.8 Å². The molecule has 1 fully saturated rings. The highest BCUT2D eigenvalue weighted by Crippen LogP contribution is 2.36. The number of aryl methyl sites for hydroxylation is 2. The van der Waals surface area contributed by atoms with E-state index in [-0.39, 0.29) is 0 Å². The van der Waals surface area contributed by atoms with Crippen LogP contribution in [0.15, 0.2) is 17.0 Å². The molecule has 1 aliphatic rings. The Hall–Kier alpha value is -1.11. The van der Waals surface area contributed by atoms with Crippen LogP contribution < -0.4 is 4.74 Å². The zero-order valence-corrected chi connectivity index (χ0v) is 15.0. The van der Waals surface area contributed by atoms with Gasteiger partial charge in [0.05, 0.1) is 23.6 Å². The summed E-state index contributed by atoms with van der Waals surface area (Å²) in [6, 6.07) is 3.48. The summed E-state index contributed by atoms with van der Waals surface area (Å²) in [7, 11) is -3.63. The van der Waals surface area contributed by atoms with Crippen LogP contribution in [-0.4, -0.2) is 37.7 Å². The highest BCUT2D eigenvalue weighted by atomic mass is 32.2. The summed E-state index contributed by atoms with van der Waals surface area (Å²) in [5.74, 6) is 0.726. The fraction of sp³-hybridized carbons (Fsp3) is 0.625. The molecule has 1 aliphatic heterocycles. The monoisotopic (exact) mass is 327 g/mol. The first-order chi connectivity index (χ1) is 10.1. The lowest BCUT2D eigenvalue weighted by atomic mass is 10.1. The largest absolute Gasteiger partial charge is 0.494 e. The maximum atomic E-state index is 13.1. The van der Waals surface area contributed by atoms with Gasteiger partial charge >= 0.3 is 0 Å². The SMILES string of the molecule is CCOc1cc(C)c(S(=O)(=O)N2C(C)OCC2(C)C)cc1C. The molecule has 5 nitrogen and oxygen atoms in total. The molecule has 0 amide bonds. The predicted octanol–water partition coefficient (Wildman–Crippen LogP) is 2.85. The van der Waals surface area contributed by atoms with Crippen LogP contribution in [0.1, 0.15) is 38.8 Å². The molecule has 124 valence electrons. The smallest absolute Gasteiger partial charge is 0.246 e. The Morgan fingerprint density at radius 1 is 1.32 bits per heavy atom. The lowest BCUT2D eigenvalue weighted by molar-refractivity contribution is 0.0843. The molecule has 2 rings (SSSR count). The summed E-state index contributed by atoms with van der Waals surface area (Å²) in [5, 5.41) is 0. The van der Waals surface area contributed by atoms with Crippen LogP contribution in [0.5, 0.6) is 5.75 Å². The first kappa shape index (κ1) is 17.2. The Morgan fingerprint density at radius 3 is 2.45 bits per heavy atom. The summed E-state index contributed by atoms with van der Waals surface area (Å²) in [5.41, 5.74) is 0.942. The van der Waals surface area contributed by atoms with Gasteiger partial charge < -0.3 is 9.47 Å². The van der Waals surface area contributed by atoms with Crippen LogP contribution >= 0.6 is 0 Å². The third-order valence-corrected chi connectivity index (χ3v) is 6.22. The minimum Gasteiger partial charge on any atom is -0.494 e. The second-order valence-electron chi connectivity index (χ2n) is 6.34. The van der Waals surface area contributed by atoms with Crippen molar-refractivity contribution in [2.45, 2.75) is 58.2 Å². The van der Waals surface area contributed by atoms with Crippen LogP contribution in [0, 0.1) is 13.8 Å². The molecule has 0 aromatic heterocycles. The summed E-state index contributed by atoms with van der Waals surface area (Å²) in [6.07, 6.45) is -0.466. The maximum absolute atomic E-state index is 13.1. The molecule has 0 radical (unpaired) electrons. The van der Waals surface area contributed by atoms with E-state index in [4.69, 9.17) is 9.47 Å². The number of ether oxygens (including phenoxy) is 2. The third kappa shape index (κ3) is 2.87. The van der Waals surface area contributed by atoms with Gasteiger partial charge in [-0.25, -0.2) is 8.42 Å². The molecule has 0 spiro atoms. The zero-order valence-electron chi connectivity index (χ0n) is 14.1. The molecule has 6 heteroatoms. The number of hydrogen-bond donors (Lipinski definition) is 0. The van der Waals surface area contributed by atoms with Gasteiger partial charge in [-0.2, -0.15) is 4.31 Å². The molecule has 1 aromatic carbocycles. The van der Waals surface area contributed by atoms with Crippen LogP contribution in [-0.2, 0) is 14.8 Å². The Kier molecular flexibility index (Phi) is 4.57. The second kappa shape index (κ2) is 5.83. The Balaban J connectivity index is 2.53. The lowest BCUT2D eigenvalue weighted by Crippen LogP contribution is -2.47. The highest BCUT2D eigenvalue weighted by Gasteiger charge is 2.47. The van der Waals surface area contributed by atoms with Crippen molar-refractivity contribution in [3.63, 3.8) is 0 Å². The van der Waals surface area contributed by atoms with Gasteiger partial charge in [-0.3, -0.25) is 0 Å². The summed E-state index contributed by atoms with van der Waals surface area (Å²) in [4.78, 5) is 0.318. The van der Waals surface area contributed by atoms with Crippen molar-refractivity contribution in [3.8, 4) is 5.75 Å². The molecule has 22 heavy (non-hydrogen) atoms. The van der Waals surface area contributed by atoms with E-state index in [1.165, 1.54) is 4.31 Å². The van der Waals surface area contributed by atoms with Crippen molar-refractivity contribution >= 4 is 10.0 Å². The Bertz CT molecular complexity index is 667. The molecule has 0 aliphatic carbocycles. The fourth-order valence-electron chi connectivity index (χ4n) is 2.93. The molecule has 1 saturated heterocycles. The minimum absolute atomic E-state index is 0.318. The van der Waals surface area contributed by atoms with E-state index in [9.17, 15) is 8.42 Å². The number of rotatable bonds is 4. The quantitative estimate of drug-likeness (QED) is 0.853. The molecule has 1 heterocycles. The van der Waals surface area contributed by atoms with Crippen molar-refractivity contribution in [1.29, 1.82) is 0 Å². The molecule has 1 unspecified atom stereocenters. The first-order valence-corrected chi connectivity index (χ1v) is 8.95. The summed E-state index contributed by atoms with van der Waals surface area (Å²) >= 11 is 0. The molecule has 1 aromatic rings. The molecule has 0 saturated carbocycles. The molecule has 0 bridgehead atoms. The predicted molar refractivity (Wildman–Crippen MR) is 85.6 cm³/mol. The van der Waals surface area contributed by atoms with Gasteiger partial charge in [0.1, 0.15) is 12.0 Å². The standard InChI is InChI=1S/C16H25NO4S/c1-7-20-14-8-12(3)15(9-11(14)2)22(18,19)17-13(4)21-10-16(17,5)6/h8-9,13H,7,10H2,1-6H3. The number of nitrogens with zero attached hydrogens (tertiary/aromatic N) is 1. The maximum Gasteiger partial charge on any atom is 0.246 e. The van der Waals surface area contributed by atoms with E-state index >= 15 is 0 Å². The van der Waals surface area contributed by atoms with E-state index in [1.54, 1.807) is 26.0 Å². The van der Waals surface area contributed by atoms with Crippen molar-refractivity contribution in [2.24, 2.45) is 0 Å². The van der Waals surface area contributed by atoms with Crippen molar-refractivity contribution in [1.82, 2.24) is 4.31 Å². The average Bonchev–Trinajstić information content (AvgIpc) is 2.68. The summed E-state index contributed by atoms with van der Waals surface area (Å²) < 4.78 is 38.8. The average molecular weight is 327 g/mol. The van der Waals surface area contributed by atoms with Gasteiger partial charge in [0.15, 0.2) is 0 Å². The summed E-state index contributed by atoms with van der Waals surface area (Å²) in [6.45, 7) is 12.0. The first-order valence-electron chi connectivity index (χ1n) is 7.51. The van der Waals surface area contributed by atoms with Crippen molar-refractivity contribution in [2.75, 3.05) is 13.2 Å². The normalized spacial score (nSPS) is 22.0.